The van der Waals surface area contributed by atoms with Crippen molar-refractivity contribution in [1.29, 1.82) is 0 Å². The van der Waals surface area contributed by atoms with Crippen LogP contribution in [-0.2, 0) is 14.6 Å². The number of sulfone groups is 1. The number of nitrogens with zero attached hydrogens (tertiary/aromatic N) is 1. The molecule has 1 aliphatic heterocycles. The molecular weight excluding hydrogens is 348 g/mol. The first-order chi connectivity index (χ1) is 12.4. The number of hydrogen-bond acceptors (Lipinski definition) is 4. The minimum atomic E-state index is -3.26. The fourth-order valence-corrected chi connectivity index (χ4v) is 4.24. The molecule has 1 amide bonds. The summed E-state index contributed by atoms with van der Waals surface area (Å²) in [5.74, 6) is -0.263. The molecule has 0 spiro atoms. The van der Waals surface area contributed by atoms with Crippen LogP contribution in [0.5, 0.6) is 0 Å². The lowest BCUT2D eigenvalue weighted by Gasteiger charge is -2.28. The average Bonchev–Trinajstić information content (AvgIpc) is 2.95. The highest BCUT2D eigenvalue weighted by atomic mass is 32.2. The van der Waals surface area contributed by atoms with E-state index >= 15 is 0 Å². The van der Waals surface area contributed by atoms with Crippen molar-refractivity contribution < 1.29 is 13.2 Å². The zero-order chi connectivity index (χ0) is 18.7. The smallest absolute Gasteiger partial charge is 0.246 e. The minimum absolute atomic E-state index is 0.0863. The zero-order valence-corrected chi connectivity index (χ0v) is 15.7. The molecule has 1 heterocycles. The van der Waals surface area contributed by atoms with Gasteiger partial charge in [-0.25, -0.2) is 8.42 Å². The van der Waals surface area contributed by atoms with E-state index in [1.807, 2.05) is 62.4 Å². The molecule has 0 aromatic heterocycles. The van der Waals surface area contributed by atoms with Gasteiger partial charge in [0, 0.05) is 16.8 Å². The number of amides is 1. The van der Waals surface area contributed by atoms with Gasteiger partial charge in [0.15, 0.2) is 9.84 Å². The van der Waals surface area contributed by atoms with Crippen LogP contribution in [0.1, 0.15) is 11.1 Å². The fraction of sp³-hybridized carbons (Fsp3) is 0.250. The Balaban J connectivity index is 1.83. The van der Waals surface area contributed by atoms with Crippen LogP contribution in [-0.4, -0.2) is 32.7 Å². The maximum atomic E-state index is 12.9. The van der Waals surface area contributed by atoms with Crippen molar-refractivity contribution in [3.05, 3.63) is 71.1 Å². The van der Waals surface area contributed by atoms with Crippen molar-refractivity contribution >= 4 is 27.1 Å². The Labute approximate surface area is 154 Å². The van der Waals surface area contributed by atoms with Gasteiger partial charge in [0.25, 0.3) is 0 Å². The molecule has 0 saturated heterocycles. The number of para-hydroxylation sites is 1. The first-order valence-corrected chi connectivity index (χ1v) is 10.2. The van der Waals surface area contributed by atoms with Gasteiger partial charge in [0.05, 0.1) is 18.3 Å². The molecule has 0 aliphatic carbocycles. The molecule has 1 unspecified atom stereocenters. The van der Waals surface area contributed by atoms with Gasteiger partial charge in [-0.05, 0) is 43.7 Å². The fourth-order valence-electron chi connectivity index (χ4n) is 2.97. The van der Waals surface area contributed by atoms with Crippen LogP contribution in [0.25, 0.3) is 0 Å². The van der Waals surface area contributed by atoms with Crippen molar-refractivity contribution in [1.82, 2.24) is 0 Å². The molecule has 1 aliphatic rings. The van der Waals surface area contributed by atoms with Gasteiger partial charge in [0.2, 0.25) is 5.91 Å². The Kier molecular flexibility index (Phi) is 5.13. The van der Waals surface area contributed by atoms with Gasteiger partial charge >= 0.3 is 0 Å². The van der Waals surface area contributed by atoms with E-state index in [-0.39, 0.29) is 18.2 Å². The average molecular weight is 370 g/mol. The molecule has 2 aromatic carbocycles. The van der Waals surface area contributed by atoms with Crippen LogP contribution in [0.4, 0.5) is 11.4 Å². The SMILES string of the molecule is Cc1ccc(N(C(=O)CNc2ccccc2C)C2C=CS(=O)(=O)C2)cc1. The largest absolute Gasteiger partial charge is 0.376 e. The molecule has 0 bridgehead atoms. The van der Waals surface area contributed by atoms with Crippen LogP contribution >= 0.6 is 0 Å². The van der Waals surface area contributed by atoms with E-state index in [0.29, 0.717) is 5.69 Å². The molecule has 0 fully saturated rings. The third-order valence-electron chi connectivity index (χ3n) is 4.40. The van der Waals surface area contributed by atoms with Gasteiger partial charge in [-0.2, -0.15) is 0 Å². The Morgan fingerprint density at radius 1 is 1.12 bits per heavy atom. The quantitative estimate of drug-likeness (QED) is 0.878. The molecule has 1 atom stereocenters. The summed E-state index contributed by atoms with van der Waals surface area (Å²) in [6.07, 6.45) is 1.58. The number of anilines is 2. The molecule has 136 valence electrons. The second kappa shape index (κ2) is 7.33. The highest BCUT2D eigenvalue weighted by Crippen LogP contribution is 2.24. The second-order valence-electron chi connectivity index (χ2n) is 6.49. The summed E-state index contributed by atoms with van der Waals surface area (Å²) >= 11 is 0. The number of benzene rings is 2. The zero-order valence-electron chi connectivity index (χ0n) is 14.8. The number of rotatable bonds is 5. The van der Waals surface area contributed by atoms with Crippen molar-refractivity contribution in [3.63, 3.8) is 0 Å². The predicted octanol–water partition coefficient (Wildman–Crippen LogP) is 3.06. The standard InChI is InChI=1S/C20H22N2O3S/c1-15-7-9-17(10-8-15)22(18-11-12-26(24,25)14-18)20(23)13-21-19-6-4-3-5-16(19)2/h3-12,18,21H,13-14H2,1-2H3. The van der Waals surface area contributed by atoms with E-state index in [1.54, 1.807) is 11.0 Å². The van der Waals surface area contributed by atoms with Crippen LogP contribution < -0.4 is 10.2 Å². The number of nitrogens with one attached hydrogen (secondary N) is 1. The molecule has 0 saturated carbocycles. The van der Waals surface area contributed by atoms with Crippen LogP contribution in [0.15, 0.2) is 60.0 Å². The van der Waals surface area contributed by atoms with E-state index in [0.717, 1.165) is 16.8 Å². The number of carbonyl (C=O) groups is 1. The van der Waals surface area contributed by atoms with Gasteiger partial charge in [-0.1, -0.05) is 35.9 Å². The summed E-state index contributed by atoms with van der Waals surface area (Å²) in [5, 5.41) is 4.35. The highest BCUT2D eigenvalue weighted by Gasteiger charge is 2.31. The van der Waals surface area contributed by atoms with Gasteiger partial charge in [-0.15, -0.1) is 0 Å². The van der Waals surface area contributed by atoms with Crippen LogP contribution in [0.3, 0.4) is 0 Å². The predicted molar refractivity (Wildman–Crippen MR) is 105 cm³/mol. The molecule has 3 rings (SSSR count). The summed E-state index contributed by atoms with van der Waals surface area (Å²) in [4.78, 5) is 14.5. The van der Waals surface area contributed by atoms with E-state index in [4.69, 9.17) is 0 Å². The van der Waals surface area contributed by atoms with Crippen LogP contribution in [0, 0.1) is 13.8 Å². The summed E-state index contributed by atoms with van der Waals surface area (Å²) in [6.45, 7) is 4.02. The van der Waals surface area contributed by atoms with Crippen LogP contribution in [0.2, 0.25) is 0 Å². The summed E-state index contributed by atoms with van der Waals surface area (Å²) in [5.41, 5.74) is 3.71. The van der Waals surface area contributed by atoms with Crippen molar-refractivity contribution in [2.24, 2.45) is 0 Å². The van der Waals surface area contributed by atoms with E-state index in [9.17, 15) is 13.2 Å². The van der Waals surface area contributed by atoms with Gasteiger partial charge < -0.3 is 10.2 Å². The summed E-state index contributed by atoms with van der Waals surface area (Å²) in [7, 11) is -3.26. The second-order valence-corrected chi connectivity index (χ2v) is 8.42. The monoisotopic (exact) mass is 370 g/mol. The van der Waals surface area contributed by atoms with Crippen molar-refractivity contribution in [2.75, 3.05) is 22.5 Å². The first-order valence-electron chi connectivity index (χ1n) is 8.45. The molecule has 1 N–H and O–H groups in total. The molecule has 26 heavy (non-hydrogen) atoms. The molecular formula is C20H22N2O3S. The summed E-state index contributed by atoms with van der Waals surface area (Å²) in [6, 6.07) is 14.8. The molecule has 5 nitrogen and oxygen atoms in total. The lowest BCUT2D eigenvalue weighted by atomic mass is 10.1. The first kappa shape index (κ1) is 18.2. The third kappa shape index (κ3) is 4.14. The van der Waals surface area contributed by atoms with Gasteiger partial charge in [0.1, 0.15) is 0 Å². The molecule has 6 heteroatoms. The molecule has 0 radical (unpaired) electrons. The molecule has 2 aromatic rings. The third-order valence-corrected chi connectivity index (χ3v) is 5.78. The normalized spacial score (nSPS) is 17.8. The Hall–Kier alpha value is -2.60. The maximum Gasteiger partial charge on any atom is 0.246 e. The maximum absolute atomic E-state index is 12.9. The summed E-state index contributed by atoms with van der Waals surface area (Å²) < 4.78 is 23.7. The topological polar surface area (TPSA) is 66.5 Å². The Morgan fingerprint density at radius 3 is 2.42 bits per heavy atom. The lowest BCUT2D eigenvalue weighted by molar-refractivity contribution is -0.117. The van der Waals surface area contributed by atoms with E-state index < -0.39 is 15.9 Å². The Bertz CT molecular complexity index is 934. The Morgan fingerprint density at radius 2 is 1.81 bits per heavy atom. The van der Waals surface area contributed by atoms with Gasteiger partial charge in [-0.3, -0.25) is 4.79 Å². The number of aryl methyl sites for hydroxylation is 2. The van der Waals surface area contributed by atoms with Crippen molar-refractivity contribution in [2.45, 2.75) is 19.9 Å². The van der Waals surface area contributed by atoms with E-state index in [2.05, 4.69) is 5.32 Å². The number of hydrogen-bond donors (Lipinski definition) is 1. The minimum Gasteiger partial charge on any atom is -0.376 e. The number of carbonyl (C=O) groups excluding carboxylic acids is 1. The van der Waals surface area contributed by atoms with Crippen molar-refractivity contribution in [3.8, 4) is 0 Å². The van der Waals surface area contributed by atoms with E-state index in [1.165, 1.54) is 5.41 Å². The lowest BCUT2D eigenvalue weighted by Crippen LogP contribution is -2.44. The highest BCUT2D eigenvalue weighted by molar-refractivity contribution is 7.94.